The molecule has 6 heteroatoms. The maximum absolute atomic E-state index is 12.5. The fourth-order valence-corrected chi connectivity index (χ4v) is 4.52. The minimum absolute atomic E-state index is 0.00406. The van der Waals surface area contributed by atoms with E-state index in [1.54, 1.807) is 11.8 Å². The van der Waals surface area contributed by atoms with E-state index in [-0.39, 0.29) is 11.8 Å². The predicted molar refractivity (Wildman–Crippen MR) is 125 cm³/mol. The summed E-state index contributed by atoms with van der Waals surface area (Å²) >= 11 is 1.66. The number of aryl methyl sites for hydroxylation is 2. The lowest BCUT2D eigenvalue weighted by molar-refractivity contribution is -0.130. The van der Waals surface area contributed by atoms with Gasteiger partial charge in [-0.25, -0.2) is 0 Å². The molecule has 2 amide bonds. The molecular weight excluding hydrogens is 394 g/mol. The number of carbonyl (C=O) groups excluding carboxylic acids is 2. The maximum Gasteiger partial charge on any atom is 0.238 e. The van der Waals surface area contributed by atoms with Crippen LogP contribution in [0.2, 0.25) is 0 Å². The lowest BCUT2D eigenvalue weighted by Gasteiger charge is -2.34. The van der Waals surface area contributed by atoms with Crippen LogP contribution in [0.25, 0.3) is 0 Å². The summed E-state index contributed by atoms with van der Waals surface area (Å²) < 4.78 is 0. The lowest BCUT2D eigenvalue weighted by atomic mass is 10.1. The molecule has 1 saturated heterocycles. The van der Waals surface area contributed by atoms with Gasteiger partial charge in [-0.1, -0.05) is 55.0 Å². The SMILES string of the molecule is CCc1ccccc1NC(=O)CN1CCN(C(=O)CSCc2cccc(C)c2)CC1. The zero-order chi connectivity index (χ0) is 21.3. The predicted octanol–water partition coefficient (Wildman–Crippen LogP) is 3.57. The number of rotatable bonds is 8. The van der Waals surface area contributed by atoms with E-state index in [4.69, 9.17) is 0 Å². The molecule has 2 aromatic carbocycles. The molecule has 0 atom stereocenters. The maximum atomic E-state index is 12.5. The molecule has 160 valence electrons. The number of para-hydroxylation sites is 1. The van der Waals surface area contributed by atoms with E-state index >= 15 is 0 Å². The Morgan fingerprint density at radius 1 is 1.03 bits per heavy atom. The third-order valence-electron chi connectivity index (χ3n) is 5.34. The van der Waals surface area contributed by atoms with Crippen LogP contribution in [-0.4, -0.2) is 60.1 Å². The van der Waals surface area contributed by atoms with Gasteiger partial charge in [-0.05, 0) is 30.5 Å². The van der Waals surface area contributed by atoms with Gasteiger partial charge in [-0.15, -0.1) is 11.8 Å². The van der Waals surface area contributed by atoms with Crippen molar-refractivity contribution in [1.29, 1.82) is 0 Å². The zero-order valence-corrected chi connectivity index (χ0v) is 18.7. The summed E-state index contributed by atoms with van der Waals surface area (Å²) in [5.74, 6) is 1.55. The number of anilines is 1. The molecule has 1 aliphatic rings. The smallest absolute Gasteiger partial charge is 0.238 e. The number of nitrogens with zero attached hydrogens (tertiary/aromatic N) is 2. The van der Waals surface area contributed by atoms with E-state index in [2.05, 4.69) is 48.3 Å². The second-order valence-corrected chi connectivity index (χ2v) is 8.68. The molecule has 0 saturated carbocycles. The van der Waals surface area contributed by atoms with Gasteiger partial charge in [0.15, 0.2) is 0 Å². The monoisotopic (exact) mass is 425 g/mol. The molecule has 30 heavy (non-hydrogen) atoms. The molecule has 0 bridgehead atoms. The van der Waals surface area contributed by atoms with Crippen molar-refractivity contribution in [1.82, 2.24) is 9.80 Å². The Hall–Kier alpha value is -2.31. The Labute approximate surface area is 183 Å². The van der Waals surface area contributed by atoms with Crippen molar-refractivity contribution in [3.8, 4) is 0 Å². The highest BCUT2D eigenvalue weighted by Crippen LogP contribution is 2.16. The second-order valence-electron chi connectivity index (χ2n) is 7.70. The lowest BCUT2D eigenvalue weighted by Crippen LogP contribution is -2.50. The highest BCUT2D eigenvalue weighted by molar-refractivity contribution is 7.99. The van der Waals surface area contributed by atoms with Crippen LogP contribution in [0, 0.1) is 6.92 Å². The summed E-state index contributed by atoms with van der Waals surface area (Å²) in [5.41, 5.74) is 4.54. The third-order valence-corrected chi connectivity index (χ3v) is 6.33. The van der Waals surface area contributed by atoms with Crippen molar-refractivity contribution >= 4 is 29.3 Å². The quantitative estimate of drug-likeness (QED) is 0.703. The molecule has 3 rings (SSSR count). The van der Waals surface area contributed by atoms with Crippen LogP contribution in [0.15, 0.2) is 48.5 Å². The van der Waals surface area contributed by atoms with E-state index in [1.807, 2.05) is 29.2 Å². The summed E-state index contributed by atoms with van der Waals surface area (Å²) in [7, 11) is 0. The molecule has 0 radical (unpaired) electrons. The molecule has 0 unspecified atom stereocenters. The molecule has 0 aliphatic carbocycles. The molecule has 1 fully saturated rings. The molecule has 1 heterocycles. The number of amides is 2. The van der Waals surface area contributed by atoms with Gasteiger partial charge in [-0.3, -0.25) is 14.5 Å². The highest BCUT2D eigenvalue weighted by atomic mass is 32.2. The van der Waals surface area contributed by atoms with Crippen molar-refractivity contribution in [2.75, 3.05) is 43.8 Å². The van der Waals surface area contributed by atoms with Crippen molar-refractivity contribution in [2.24, 2.45) is 0 Å². The average Bonchev–Trinajstić information content (AvgIpc) is 2.74. The number of piperazine rings is 1. The van der Waals surface area contributed by atoms with Crippen LogP contribution in [0.1, 0.15) is 23.6 Å². The fourth-order valence-electron chi connectivity index (χ4n) is 3.65. The van der Waals surface area contributed by atoms with E-state index in [0.717, 1.165) is 36.5 Å². The van der Waals surface area contributed by atoms with Crippen molar-refractivity contribution in [3.63, 3.8) is 0 Å². The number of hydrogen-bond donors (Lipinski definition) is 1. The molecule has 1 aliphatic heterocycles. The van der Waals surface area contributed by atoms with Crippen molar-refractivity contribution in [3.05, 3.63) is 65.2 Å². The number of benzene rings is 2. The first-order valence-corrected chi connectivity index (χ1v) is 11.7. The van der Waals surface area contributed by atoms with Gasteiger partial charge in [0.25, 0.3) is 0 Å². The van der Waals surface area contributed by atoms with Crippen molar-refractivity contribution < 1.29 is 9.59 Å². The first-order valence-electron chi connectivity index (χ1n) is 10.6. The molecule has 2 aromatic rings. The first kappa shape index (κ1) is 22.4. The minimum Gasteiger partial charge on any atom is -0.339 e. The van der Waals surface area contributed by atoms with E-state index < -0.39 is 0 Å². The molecule has 0 spiro atoms. The van der Waals surface area contributed by atoms with Gasteiger partial charge in [0.05, 0.1) is 12.3 Å². The normalized spacial score (nSPS) is 14.5. The van der Waals surface area contributed by atoms with Crippen LogP contribution in [0.3, 0.4) is 0 Å². The molecular formula is C24H31N3O2S. The van der Waals surface area contributed by atoms with Gasteiger partial charge >= 0.3 is 0 Å². The molecule has 0 aromatic heterocycles. The molecule has 5 nitrogen and oxygen atoms in total. The fraction of sp³-hybridized carbons (Fsp3) is 0.417. The van der Waals surface area contributed by atoms with Gasteiger partial charge in [0.1, 0.15) is 0 Å². The molecule has 1 N–H and O–H groups in total. The highest BCUT2D eigenvalue weighted by Gasteiger charge is 2.22. The number of thioether (sulfide) groups is 1. The third kappa shape index (κ3) is 6.61. The Kier molecular flexibility index (Phi) is 8.34. The number of nitrogens with one attached hydrogen (secondary N) is 1. The van der Waals surface area contributed by atoms with Gasteiger partial charge in [0.2, 0.25) is 11.8 Å². The Morgan fingerprint density at radius 2 is 1.80 bits per heavy atom. The Bertz CT molecular complexity index is 863. The van der Waals surface area contributed by atoms with E-state index in [1.165, 1.54) is 11.1 Å². The summed E-state index contributed by atoms with van der Waals surface area (Å²) in [4.78, 5) is 29.0. The second kappa shape index (κ2) is 11.2. The van der Waals surface area contributed by atoms with Gasteiger partial charge in [0, 0.05) is 37.6 Å². The summed E-state index contributed by atoms with van der Waals surface area (Å²) in [6, 6.07) is 16.3. The minimum atomic E-state index is 0.00406. The van der Waals surface area contributed by atoms with Crippen LogP contribution in [0.5, 0.6) is 0 Å². The average molecular weight is 426 g/mol. The van der Waals surface area contributed by atoms with Crippen molar-refractivity contribution in [2.45, 2.75) is 26.0 Å². The van der Waals surface area contributed by atoms with Crippen LogP contribution < -0.4 is 5.32 Å². The summed E-state index contributed by atoms with van der Waals surface area (Å²) in [6.45, 7) is 7.36. The standard InChI is InChI=1S/C24H31N3O2S/c1-3-21-9-4-5-10-22(21)25-23(28)16-26-11-13-27(14-12-26)24(29)18-30-17-20-8-6-7-19(2)15-20/h4-10,15H,3,11-14,16-18H2,1-2H3,(H,25,28). The Balaban J connectivity index is 1.37. The Morgan fingerprint density at radius 3 is 2.53 bits per heavy atom. The number of hydrogen-bond acceptors (Lipinski definition) is 4. The summed E-state index contributed by atoms with van der Waals surface area (Å²) in [6.07, 6.45) is 0.888. The largest absolute Gasteiger partial charge is 0.339 e. The van der Waals surface area contributed by atoms with Crippen LogP contribution in [0.4, 0.5) is 5.69 Å². The van der Waals surface area contributed by atoms with Gasteiger partial charge < -0.3 is 10.2 Å². The van der Waals surface area contributed by atoms with Crippen LogP contribution >= 0.6 is 11.8 Å². The van der Waals surface area contributed by atoms with E-state index in [9.17, 15) is 9.59 Å². The summed E-state index contributed by atoms with van der Waals surface area (Å²) in [5, 5.41) is 3.03. The van der Waals surface area contributed by atoms with E-state index in [0.29, 0.717) is 25.4 Å². The first-order chi connectivity index (χ1) is 14.5. The van der Waals surface area contributed by atoms with Crippen LogP contribution in [-0.2, 0) is 21.8 Å². The topological polar surface area (TPSA) is 52.7 Å². The van der Waals surface area contributed by atoms with Gasteiger partial charge in [-0.2, -0.15) is 0 Å². The zero-order valence-electron chi connectivity index (χ0n) is 17.9. The number of carbonyl (C=O) groups is 2.